The van der Waals surface area contributed by atoms with E-state index in [9.17, 15) is 4.79 Å². The molecule has 2 heterocycles. The van der Waals surface area contributed by atoms with Crippen LogP contribution in [-0.2, 0) is 17.6 Å². The minimum atomic E-state index is -0.468. The summed E-state index contributed by atoms with van der Waals surface area (Å²) in [5.41, 5.74) is 4.68. The molecule has 3 N–H and O–H groups in total. The molecule has 22 heavy (non-hydrogen) atoms. The van der Waals surface area contributed by atoms with Crippen LogP contribution < -0.4 is 10.8 Å². The number of pyridine rings is 1. The van der Waals surface area contributed by atoms with E-state index >= 15 is 0 Å². The van der Waals surface area contributed by atoms with Crippen molar-refractivity contribution < 1.29 is 10.0 Å². The van der Waals surface area contributed by atoms with Crippen LogP contribution in [0, 0.1) is 0 Å². The third-order valence-electron chi connectivity index (χ3n) is 3.61. The highest BCUT2D eigenvalue weighted by molar-refractivity contribution is 5.79. The lowest BCUT2D eigenvalue weighted by Crippen LogP contribution is -2.27. The van der Waals surface area contributed by atoms with Crippen molar-refractivity contribution in [3.05, 3.63) is 29.6 Å². The fraction of sp³-hybridized carbons (Fsp3) is 0.500. The summed E-state index contributed by atoms with van der Waals surface area (Å²) in [6.45, 7) is 4.30. The molecule has 2 aromatic rings. The van der Waals surface area contributed by atoms with E-state index in [0.717, 1.165) is 49.3 Å². The molecule has 6 nitrogen and oxygen atoms in total. The largest absolute Gasteiger partial charge is 0.360 e. The lowest BCUT2D eigenvalue weighted by molar-refractivity contribution is -0.127. The van der Waals surface area contributed by atoms with Crippen molar-refractivity contribution in [2.45, 2.75) is 46.0 Å². The van der Waals surface area contributed by atoms with Crippen molar-refractivity contribution in [3.63, 3.8) is 0 Å². The smallest absolute Gasteiger partial charge is 0.262 e. The Morgan fingerprint density at radius 1 is 1.27 bits per heavy atom. The highest BCUT2D eigenvalue weighted by Crippen LogP contribution is 2.23. The predicted molar refractivity (Wildman–Crippen MR) is 86.2 cm³/mol. The van der Waals surface area contributed by atoms with E-state index in [4.69, 9.17) is 10.2 Å². The predicted octanol–water partition coefficient (Wildman–Crippen LogP) is 2.55. The summed E-state index contributed by atoms with van der Waals surface area (Å²) >= 11 is 0. The SMILES string of the molecule is CCCCc1nc2cccc(CCC)n2c1NCC(=O)NO. The van der Waals surface area contributed by atoms with Gasteiger partial charge < -0.3 is 5.32 Å². The van der Waals surface area contributed by atoms with Gasteiger partial charge in [-0.05, 0) is 31.4 Å². The van der Waals surface area contributed by atoms with Gasteiger partial charge in [-0.1, -0.05) is 32.8 Å². The molecule has 0 aliphatic carbocycles. The van der Waals surface area contributed by atoms with Crippen LogP contribution in [0.1, 0.15) is 44.5 Å². The van der Waals surface area contributed by atoms with Gasteiger partial charge in [0.05, 0.1) is 12.2 Å². The monoisotopic (exact) mass is 304 g/mol. The van der Waals surface area contributed by atoms with E-state index < -0.39 is 5.91 Å². The number of aromatic nitrogens is 2. The molecule has 0 bridgehead atoms. The van der Waals surface area contributed by atoms with Gasteiger partial charge in [-0.2, -0.15) is 0 Å². The maximum absolute atomic E-state index is 11.3. The molecular formula is C16H24N4O2. The van der Waals surface area contributed by atoms with Crippen molar-refractivity contribution in [2.75, 3.05) is 11.9 Å². The number of unbranched alkanes of at least 4 members (excludes halogenated alkanes) is 1. The van der Waals surface area contributed by atoms with Gasteiger partial charge in [-0.3, -0.25) is 14.4 Å². The number of carbonyl (C=O) groups is 1. The van der Waals surface area contributed by atoms with Crippen LogP contribution in [-0.4, -0.2) is 27.0 Å². The van der Waals surface area contributed by atoms with Crippen molar-refractivity contribution in [3.8, 4) is 0 Å². The number of nitrogens with zero attached hydrogens (tertiary/aromatic N) is 2. The van der Waals surface area contributed by atoms with Crippen LogP contribution in [0.5, 0.6) is 0 Å². The zero-order chi connectivity index (χ0) is 15.9. The number of hydrogen-bond acceptors (Lipinski definition) is 4. The number of nitrogens with one attached hydrogen (secondary N) is 2. The first-order valence-electron chi connectivity index (χ1n) is 7.87. The van der Waals surface area contributed by atoms with E-state index in [1.807, 2.05) is 12.1 Å². The number of rotatable bonds is 8. The Morgan fingerprint density at radius 3 is 2.77 bits per heavy atom. The Morgan fingerprint density at radius 2 is 2.09 bits per heavy atom. The maximum atomic E-state index is 11.3. The van der Waals surface area contributed by atoms with Gasteiger partial charge >= 0.3 is 0 Å². The Balaban J connectivity index is 2.42. The summed E-state index contributed by atoms with van der Waals surface area (Å²) in [5.74, 6) is 0.389. The minimum absolute atomic E-state index is 0.0177. The molecule has 1 amide bonds. The molecule has 6 heteroatoms. The third-order valence-corrected chi connectivity index (χ3v) is 3.61. The Hall–Kier alpha value is -2.08. The molecule has 2 aromatic heterocycles. The second kappa shape index (κ2) is 7.79. The number of hydroxylamine groups is 1. The van der Waals surface area contributed by atoms with Crippen LogP contribution >= 0.6 is 0 Å². The summed E-state index contributed by atoms with van der Waals surface area (Å²) < 4.78 is 2.08. The van der Waals surface area contributed by atoms with Crippen molar-refractivity contribution in [1.29, 1.82) is 0 Å². The molecule has 0 aliphatic heterocycles. The second-order valence-electron chi connectivity index (χ2n) is 5.36. The average molecular weight is 304 g/mol. The van der Waals surface area contributed by atoms with Crippen LogP contribution in [0.15, 0.2) is 18.2 Å². The van der Waals surface area contributed by atoms with Gasteiger partial charge in [0, 0.05) is 5.69 Å². The van der Waals surface area contributed by atoms with Crippen LogP contribution in [0.25, 0.3) is 5.65 Å². The maximum Gasteiger partial charge on any atom is 0.262 e. The van der Waals surface area contributed by atoms with Gasteiger partial charge in [0.25, 0.3) is 5.91 Å². The molecule has 0 aromatic carbocycles. The number of imidazole rings is 1. The number of anilines is 1. The first kappa shape index (κ1) is 16.3. The molecule has 0 aliphatic rings. The van der Waals surface area contributed by atoms with Gasteiger partial charge in [0.1, 0.15) is 11.5 Å². The first-order chi connectivity index (χ1) is 10.7. The van der Waals surface area contributed by atoms with E-state index in [-0.39, 0.29) is 6.54 Å². The van der Waals surface area contributed by atoms with E-state index in [2.05, 4.69) is 29.6 Å². The van der Waals surface area contributed by atoms with E-state index in [1.54, 1.807) is 5.48 Å². The number of carbonyl (C=O) groups excluding carboxylic acids is 1. The Kier molecular flexibility index (Phi) is 5.77. The fourth-order valence-electron chi connectivity index (χ4n) is 2.56. The molecule has 2 rings (SSSR count). The van der Waals surface area contributed by atoms with Gasteiger partial charge in [-0.25, -0.2) is 10.5 Å². The van der Waals surface area contributed by atoms with E-state index in [1.165, 1.54) is 5.69 Å². The number of hydrogen-bond donors (Lipinski definition) is 3. The molecule has 0 saturated carbocycles. The molecule has 0 fully saturated rings. The molecule has 0 atom stereocenters. The van der Waals surface area contributed by atoms with Gasteiger partial charge in [0.15, 0.2) is 0 Å². The zero-order valence-electron chi connectivity index (χ0n) is 13.2. The number of amides is 1. The highest BCUT2D eigenvalue weighted by Gasteiger charge is 2.15. The van der Waals surface area contributed by atoms with Gasteiger partial charge in [0.2, 0.25) is 0 Å². The van der Waals surface area contributed by atoms with Crippen molar-refractivity contribution in [2.24, 2.45) is 0 Å². The number of fused-ring (bicyclic) bond motifs is 1. The van der Waals surface area contributed by atoms with Crippen LogP contribution in [0.4, 0.5) is 5.82 Å². The zero-order valence-corrected chi connectivity index (χ0v) is 13.2. The summed E-state index contributed by atoms with van der Waals surface area (Å²) in [5, 5.41) is 11.8. The first-order valence-corrected chi connectivity index (χ1v) is 7.87. The molecule has 120 valence electrons. The summed E-state index contributed by atoms with van der Waals surface area (Å²) in [6, 6.07) is 6.08. The lowest BCUT2D eigenvalue weighted by atomic mass is 10.2. The summed E-state index contributed by atoms with van der Waals surface area (Å²) in [4.78, 5) is 16.0. The number of aryl methyl sites for hydroxylation is 2. The quantitative estimate of drug-likeness (QED) is 0.517. The standard InChI is InChI=1S/C16H24N4O2/c1-3-5-9-13-16(17-11-15(21)19-22)20-12(7-4-2)8-6-10-14(20)18-13/h6,8,10,17,22H,3-5,7,9,11H2,1-2H3,(H,19,21). The van der Waals surface area contributed by atoms with Crippen LogP contribution in [0.3, 0.4) is 0 Å². The topological polar surface area (TPSA) is 78.7 Å². The third kappa shape index (κ3) is 3.57. The fourth-order valence-corrected chi connectivity index (χ4v) is 2.56. The summed E-state index contributed by atoms with van der Waals surface area (Å²) in [6.07, 6.45) is 4.99. The Bertz CT molecular complexity index is 636. The minimum Gasteiger partial charge on any atom is -0.360 e. The summed E-state index contributed by atoms with van der Waals surface area (Å²) in [7, 11) is 0. The van der Waals surface area contributed by atoms with Crippen molar-refractivity contribution >= 4 is 17.4 Å². The van der Waals surface area contributed by atoms with Crippen molar-refractivity contribution in [1.82, 2.24) is 14.9 Å². The normalized spacial score (nSPS) is 10.9. The average Bonchev–Trinajstić information content (AvgIpc) is 2.89. The second-order valence-corrected chi connectivity index (χ2v) is 5.36. The lowest BCUT2D eigenvalue weighted by Gasteiger charge is -2.11. The van der Waals surface area contributed by atoms with Gasteiger partial charge in [-0.15, -0.1) is 0 Å². The van der Waals surface area contributed by atoms with Crippen LogP contribution in [0.2, 0.25) is 0 Å². The van der Waals surface area contributed by atoms with E-state index in [0.29, 0.717) is 0 Å². The molecular weight excluding hydrogens is 280 g/mol. The molecule has 0 unspecified atom stereocenters. The molecule has 0 spiro atoms. The highest BCUT2D eigenvalue weighted by atomic mass is 16.5. The Labute approximate surface area is 130 Å². The molecule has 0 saturated heterocycles. The molecule has 0 radical (unpaired) electrons.